The molecule has 1 amide bonds. The Morgan fingerprint density at radius 2 is 1.77 bits per heavy atom. The summed E-state index contributed by atoms with van der Waals surface area (Å²) in [5.74, 6) is -1.63. The molecule has 0 atom stereocenters. The molecule has 0 aliphatic carbocycles. The Hall–Kier alpha value is -2.82. The minimum atomic E-state index is -1.20. The van der Waals surface area contributed by atoms with Crippen molar-refractivity contribution in [1.29, 1.82) is 0 Å². The number of carbonyl (C=O) groups excluding carboxylic acids is 1. The predicted octanol–water partition coefficient (Wildman–Crippen LogP) is 2.97. The third kappa shape index (κ3) is 4.09. The Morgan fingerprint density at radius 1 is 1.09 bits per heavy atom. The lowest BCUT2D eigenvalue weighted by molar-refractivity contribution is -0.116. The number of nitrogens with one attached hydrogen (secondary N) is 1. The molecule has 0 fully saturated rings. The number of benzene rings is 2. The number of aromatic hydroxyl groups is 1. The first-order valence-corrected chi connectivity index (χ1v) is 6.87. The van der Waals surface area contributed by atoms with Crippen molar-refractivity contribution in [3.63, 3.8) is 0 Å². The summed E-state index contributed by atoms with van der Waals surface area (Å²) in [6, 6.07) is 11.7. The van der Waals surface area contributed by atoms with Crippen LogP contribution in [0, 0.1) is 6.92 Å². The van der Waals surface area contributed by atoms with E-state index < -0.39 is 5.97 Å². The lowest BCUT2D eigenvalue weighted by Gasteiger charge is -2.09. The van der Waals surface area contributed by atoms with Crippen LogP contribution in [-0.2, 0) is 11.2 Å². The van der Waals surface area contributed by atoms with Gasteiger partial charge in [0.1, 0.15) is 5.75 Å². The monoisotopic (exact) mass is 299 g/mol. The van der Waals surface area contributed by atoms with Crippen molar-refractivity contribution >= 4 is 17.6 Å². The molecule has 5 heteroatoms. The van der Waals surface area contributed by atoms with Crippen LogP contribution in [0.5, 0.6) is 5.75 Å². The molecule has 22 heavy (non-hydrogen) atoms. The smallest absolute Gasteiger partial charge is 0.337 e. The molecule has 5 nitrogen and oxygen atoms in total. The summed E-state index contributed by atoms with van der Waals surface area (Å²) < 4.78 is 0. The van der Waals surface area contributed by atoms with E-state index in [1.165, 1.54) is 12.1 Å². The second kappa shape index (κ2) is 6.76. The van der Waals surface area contributed by atoms with Gasteiger partial charge in [-0.05, 0) is 37.1 Å². The molecule has 0 aliphatic rings. The zero-order chi connectivity index (χ0) is 16.1. The first-order valence-electron chi connectivity index (χ1n) is 6.87. The summed E-state index contributed by atoms with van der Waals surface area (Å²) in [5, 5.41) is 21.0. The number of amides is 1. The molecule has 3 N–H and O–H groups in total. The highest BCUT2D eigenvalue weighted by molar-refractivity contribution is 6.00. The van der Waals surface area contributed by atoms with E-state index in [9.17, 15) is 14.7 Å². The number of aromatic carboxylic acids is 1. The van der Waals surface area contributed by atoms with Crippen molar-refractivity contribution in [3.05, 3.63) is 59.2 Å². The van der Waals surface area contributed by atoms with Crippen LogP contribution in [0.2, 0.25) is 0 Å². The van der Waals surface area contributed by atoms with Gasteiger partial charge in [0, 0.05) is 6.42 Å². The maximum atomic E-state index is 11.9. The van der Waals surface area contributed by atoms with Crippen LogP contribution < -0.4 is 5.32 Å². The van der Waals surface area contributed by atoms with Crippen molar-refractivity contribution in [1.82, 2.24) is 0 Å². The van der Waals surface area contributed by atoms with E-state index in [0.29, 0.717) is 6.42 Å². The summed E-state index contributed by atoms with van der Waals surface area (Å²) in [7, 11) is 0. The van der Waals surface area contributed by atoms with Gasteiger partial charge in [0.05, 0.1) is 11.3 Å². The number of aryl methyl sites for hydroxylation is 2. The zero-order valence-corrected chi connectivity index (χ0v) is 12.2. The first-order chi connectivity index (χ1) is 10.5. The van der Waals surface area contributed by atoms with Crippen LogP contribution in [0.1, 0.15) is 27.9 Å². The maximum Gasteiger partial charge on any atom is 0.337 e. The number of phenols is 1. The fourth-order valence-electron chi connectivity index (χ4n) is 2.04. The fraction of sp³-hybridized carbons (Fsp3) is 0.176. The molecule has 2 aromatic carbocycles. The topological polar surface area (TPSA) is 86.6 Å². The van der Waals surface area contributed by atoms with E-state index in [2.05, 4.69) is 5.32 Å². The minimum absolute atomic E-state index is 0.135. The Labute approximate surface area is 128 Å². The fourth-order valence-corrected chi connectivity index (χ4v) is 2.04. The molecular weight excluding hydrogens is 282 g/mol. The first kappa shape index (κ1) is 15.6. The van der Waals surface area contributed by atoms with Crippen molar-refractivity contribution < 1.29 is 19.8 Å². The zero-order valence-electron chi connectivity index (χ0n) is 12.2. The summed E-state index contributed by atoms with van der Waals surface area (Å²) in [6.45, 7) is 1.99. The van der Waals surface area contributed by atoms with Gasteiger partial charge in [-0.15, -0.1) is 0 Å². The number of hydrogen-bond donors (Lipinski definition) is 3. The van der Waals surface area contributed by atoms with E-state index in [1.807, 2.05) is 31.2 Å². The number of carboxylic acids is 1. The second-order valence-electron chi connectivity index (χ2n) is 5.07. The molecule has 0 saturated heterocycles. The maximum absolute atomic E-state index is 11.9. The average Bonchev–Trinajstić information content (AvgIpc) is 2.48. The summed E-state index contributed by atoms with van der Waals surface area (Å²) in [6.07, 6.45) is 0.829. The van der Waals surface area contributed by atoms with Gasteiger partial charge >= 0.3 is 5.97 Å². The highest BCUT2D eigenvalue weighted by atomic mass is 16.4. The molecule has 0 radical (unpaired) electrons. The SMILES string of the molecule is Cc1ccc(CCC(=O)Nc2ccc(O)cc2C(=O)O)cc1. The molecule has 2 aromatic rings. The van der Waals surface area contributed by atoms with Gasteiger partial charge in [0.15, 0.2) is 0 Å². The van der Waals surface area contributed by atoms with Gasteiger partial charge < -0.3 is 15.5 Å². The minimum Gasteiger partial charge on any atom is -0.508 e. The standard InChI is InChI=1S/C17H17NO4/c1-11-2-4-12(5-3-11)6-9-16(20)18-15-8-7-13(19)10-14(15)17(21)22/h2-5,7-8,10,19H,6,9H2,1H3,(H,18,20)(H,21,22). The van der Waals surface area contributed by atoms with Gasteiger partial charge in [-0.1, -0.05) is 29.8 Å². The molecule has 114 valence electrons. The summed E-state index contributed by atoms with van der Waals surface area (Å²) >= 11 is 0. The largest absolute Gasteiger partial charge is 0.508 e. The third-order valence-electron chi connectivity index (χ3n) is 3.27. The number of carbonyl (C=O) groups is 2. The number of anilines is 1. The molecule has 0 bridgehead atoms. The van der Waals surface area contributed by atoms with Crippen LogP contribution in [0.3, 0.4) is 0 Å². The van der Waals surface area contributed by atoms with Crippen LogP contribution in [0.25, 0.3) is 0 Å². The molecule has 0 spiro atoms. The van der Waals surface area contributed by atoms with Crippen molar-refractivity contribution in [3.8, 4) is 5.75 Å². The molecule has 0 aliphatic heterocycles. The van der Waals surface area contributed by atoms with Crippen molar-refractivity contribution in [2.45, 2.75) is 19.8 Å². The number of hydrogen-bond acceptors (Lipinski definition) is 3. The van der Waals surface area contributed by atoms with Gasteiger partial charge in [-0.2, -0.15) is 0 Å². The van der Waals surface area contributed by atoms with Crippen molar-refractivity contribution in [2.75, 3.05) is 5.32 Å². The highest BCUT2D eigenvalue weighted by Gasteiger charge is 2.13. The predicted molar refractivity (Wildman–Crippen MR) is 83.2 cm³/mol. The third-order valence-corrected chi connectivity index (χ3v) is 3.27. The normalized spacial score (nSPS) is 10.2. The molecular formula is C17H17NO4. The van der Waals surface area contributed by atoms with Crippen LogP contribution >= 0.6 is 0 Å². The Morgan fingerprint density at radius 3 is 2.41 bits per heavy atom. The van der Waals surface area contributed by atoms with Crippen LogP contribution in [0.15, 0.2) is 42.5 Å². The van der Waals surface area contributed by atoms with Crippen molar-refractivity contribution in [2.24, 2.45) is 0 Å². The molecule has 0 unspecified atom stereocenters. The Bertz CT molecular complexity index is 692. The van der Waals surface area contributed by atoms with E-state index in [0.717, 1.165) is 17.2 Å². The van der Waals surface area contributed by atoms with E-state index in [1.54, 1.807) is 0 Å². The average molecular weight is 299 g/mol. The molecule has 0 heterocycles. The van der Waals surface area contributed by atoms with E-state index in [-0.39, 0.29) is 29.3 Å². The van der Waals surface area contributed by atoms with Gasteiger partial charge in [0.25, 0.3) is 0 Å². The Balaban J connectivity index is 2.00. The van der Waals surface area contributed by atoms with Crippen LogP contribution in [0.4, 0.5) is 5.69 Å². The lowest BCUT2D eigenvalue weighted by atomic mass is 10.1. The summed E-state index contributed by atoms with van der Waals surface area (Å²) in [5.41, 5.74) is 2.25. The lowest BCUT2D eigenvalue weighted by Crippen LogP contribution is -2.15. The molecule has 0 saturated carbocycles. The van der Waals surface area contributed by atoms with E-state index >= 15 is 0 Å². The van der Waals surface area contributed by atoms with E-state index in [4.69, 9.17) is 5.11 Å². The highest BCUT2D eigenvalue weighted by Crippen LogP contribution is 2.21. The second-order valence-corrected chi connectivity index (χ2v) is 5.07. The molecule has 2 rings (SSSR count). The van der Waals surface area contributed by atoms with Gasteiger partial charge in [-0.25, -0.2) is 4.79 Å². The van der Waals surface area contributed by atoms with Gasteiger partial charge in [0.2, 0.25) is 5.91 Å². The summed E-state index contributed by atoms with van der Waals surface area (Å²) in [4.78, 5) is 23.1. The van der Waals surface area contributed by atoms with Gasteiger partial charge in [-0.3, -0.25) is 4.79 Å². The van der Waals surface area contributed by atoms with Crippen LogP contribution in [-0.4, -0.2) is 22.1 Å². The number of phenolic OH excluding ortho intramolecular Hbond substituents is 1. The Kier molecular flexibility index (Phi) is 4.78. The molecule has 0 aromatic heterocycles. The number of rotatable bonds is 5. The quantitative estimate of drug-likeness (QED) is 0.741. The number of carboxylic acid groups (broad SMARTS) is 1.